The van der Waals surface area contributed by atoms with E-state index >= 15 is 0 Å². The van der Waals surface area contributed by atoms with Crippen LogP contribution in [0.1, 0.15) is 79.6 Å². The van der Waals surface area contributed by atoms with Gasteiger partial charge in [-0.3, -0.25) is 4.79 Å². The van der Waals surface area contributed by atoms with Crippen molar-refractivity contribution in [3.05, 3.63) is 11.6 Å². The molecule has 84 heavy (non-hydrogen) atoms. The molecule has 0 bridgehead atoms. The van der Waals surface area contributed by atoms with E-state index in [1.54, 1.807) is 0 Å². The van der Waals surface area contributed by atoms with Crippen molar-refractivity contribution in [2.45, 2.75) is 251 Å². The SMILES string of the molecule is CC1CCC2(OC1)OC1CC3C4CCC5CC(OC6OC(CO)C(OC7OC(CO)C(O)C(OC8OCC(OC9OC(C)C(O)C(O)C9O)C(O)C8O)C7OC7OC(CO)C(O)C(O)C7O)C(O)C6O)C(O)CC5(C)C4=CC(=O)C3(C)C1C2C. The molecule has 4 aliphatic carbocycles. The second-order valence-electron chi connectivity index (χ2n) is 26.3. The lowest BCUT2D eigenvalue weighted by Gasteiger charge is -2.57. The minimum atomic E-state index is -2.10. The van der Waals surface area contributed by atoms with Crippen LogP contribution >= 0.6 is 0 Å². The summed E-state index contributed by atoms with van der Waals surface area (Å²) in [6, 6.07) is 0. The van der Waals surface area contributed by atoms with Crippen molar-refractivity contribution >= 4 is 5.78 Å². The summed E-state index contributed by atoms with van der Waals surface area (Å²) in [6.45, 7) is 7.16. The van der Waals surface area contributed by atoms with Crippen LogP contribution in [-0.4, -0.2) is 287 Å². The molecule has 480 valence electrons. The fourth-order valence-electron chi connectivity index (χ4n) is 16.4. The summed E-state index contributed by atoms with van der Waals surface area (Å²) >= 11 is 0. The Kier molecular flexibility index (Phi) is 18.6. The van der Waals surface area contributed by atoms with Gasteiger partial charge in [0.2, 0.25) is 0 Å². The highest BCUT2D eigenvalue weighted by molar-refractivity contribution is 5.97. The summed E-state index contributed by atoms with van der Waals surface area (Å²) in [4.78, 5) is 14.7. The molecule has 11 aliphatic rings. The predicted octanol–water partition coefficient (Wildman–Crippen LogP) is -5.35. The van der Waals surface area contributed by atoms with Crippen molar-refractivity contribution in [3.8, 4) is 0 Å². The third kappa shape index (κ3) is 10.8. The molecule has 3 saturated carbocycles. The Hall–Kier alpha value is -1.67. The van der Waals surface area contributed by atoms with E-state index in [0.29, 0.717) is 12.5 Å². The Bertz CT molecular complexity index is 2310. The third-order valence-corrected chi connectivity index (χ3v) is 21.4. The molecule has 0 amide bonds. The van der Waals surface area contributed by atoms with E-state index in [9.17, 15) is 81.4 Å². The van der Waals surface area contributed by atoms with Crippen molar-refractivity contribution in [3.63, 3.8) is 0 Å². The van der Waals surface area contributed by atoms with E-state index in [1.165, 1.54) is 6.92 Å². The van der Waals surface area contributed by atoms with Crippen LogP contribution in [0.4, 0.5) is 0 Å². The number of allylic oxidation sites excluding steroid dienone is 2. The van der Waals surface area contributed by atoms with E-state index in [0.717, 1.165) is 37.7 Å². The van der Waals surface area contributed by atoms with Crippen LogP contribution in [0.5, 0.6) is 0 Å². The summed E-state index contributed by atoms with van der Waals surface area (Å²) < 4.78 is 72.6. The molecule has 28 nitrogen and oxygen atoms in total. The Morgan fingerprint density at radius 2 is 1.14 bits per heavy atom. The molecule has 0 radical (unpaired) electrons. The second kappa shape index (κ2) is 24.5. The Morgan fingerprint density at radius 3 is 1.82 bits per heavy atom. The zero-order valence-corrected chi connectivity index (χ0v) is 47.6. The maximum absolute atomic E-state index is 14.7. The largest absolute Gasteiger partial charge is 0.394 e. The van der Waals surface area contributed by atoms with Gasteiger partial charge >= 0.3 is 0 Å². The molecule has 11 rings (SSSR count). The third-order valence-electron chi connectivity index (χ3n) is 21.4. The van der Waals surface area contributed by atoms with Gasteiger partial charge in [-0.2, -0.15) is 0 Å². The number of aliphatic hydroxyl groups excluding tert-OH is 15. The van der Waals surface area contributed by atoms with Crippen molar-refractivity contribution in [1.82, 2.24) is 0 Å². The lowest BCUT2D eigenvalue weighted by Crippen LogP contribution is -2.68. The molecule has 7 saturated heterocycles. The Balaban J connectivity index is 0.784. The Morgan fingerprint density at radius 1 is 0.560 bits per heavy atom. The van der Waals surface area contributed by atoms with Crippen LogP contribution in [0.3, 0.4) is 0 Å². The number of ketones is 1. The summed E-state index contributed by atoms with van der Waals surface area (Å²) in [5.41, 5.74) is -0.221. The molecule has 1 spiro atoms. The minimum absolute atomic E-state index is 0.00557. The molecule has 7 heterocycles. The number of hydrogen-bond donors (Lipinski definition) is 15. The molecule has 7 aliphatic heterocycles. The Labute approximate surface area is 484 Å². The predicted molar refractivity (Wildman–Crippen MR) is 275 cm³/mol. The molecule has 15 N–H and O–H groups in total. The monoisotopic (exact) mass is 1210 g/mol. The van der Waals surface area contributed by atoms with Gasteiger partial charge in [0.1, 0.15) is 110 Å². The fraction of sp³-hybridized carbons (Fsp3) is 0.946. The number of fused-ring (bicyclic) bond motifs is 7. The van der Waals surface area contributed by atoms with Gasteiger partial charge in [0, 0.05) is 23.7 Å². The highest BCUT2D eigenvalue weighted by Crippen LogP contribution is 2.69. The number of ether oxygens (including phenoxy) is 12. The average molecular weight is 1210 g/mol. The van der Waals surface area contributed by atoms with E-state index in [4.69, 9.17) is 56.8 Å². The highest BCUT2D eigenvalue weighted by Gasteiger charge is 2.71. The standard InChI is InChI=1S/C56H88O28/c1-19-8-9-56(74-17-19)20(2)34-28(84-56)11-25-23-7-6-22-10-27(26(60)13-54(22,4)24(23)12-33(61)55(25,34)5)76-51-45(72)41(68)46(31(16-59)79-51)81-53-48(83-52-44(71)40(67)36(63)29(14-57)77-52)47(38(65)30(15-58)78-53)82-49-42(69)37(64)32(18-73-49)80-50-43(70)39(66)35(62)21(3)75-50/h12,19-23,25-32,34-53,57-60,62-72H,6-11,13-18H2,1-5H3. The minimum Gasteiger partial charge on any atom is -0.394 e. The van der Waals surface area contributed by atoms with Crippen molar-refractivity contribution in [2.75, 3.05) is 33.0 Å². The summed E-state index contributed by atoms with van der Waals surface area (Å²) in [5.74, 6) is -0.114. The number of carbonyl (C=O) groups is 1. The quantitative estimate of drug-likeness (QED) is 0.0766. The molecule has 10 fully saturated rings. The van der Waals surface area contributed by atoms with Crippen LogP contribution in [0.25, 0.3) is 0 Å². The van der Waals surface area contributed by atoms with Crippen LogP contribution in [0.2, 0.25) is 0 Å². The summed E-state index contributed by atoms with van der Waals surface area (Å²) in [6.07, 6.45) is -39.0. The van der Waals surface area contributed by atoms with E-state index in [2.05, 4.69) is 27.7 Å². The van der Waals surface area contributed by atoms with Gasteiger partial charge < -0.3 is 133 Å². The van der Waals surface area contributed by atoms with Gasteiger partial charge in [0.05, 0.1) is 57.5 Å². The van der Waals surface area contributed by atoms with Gasteiger partial charge in [-0.05, 0) is 80.6 Å². The second-order valence-corrected chi connectivity index (χ2v) is 26.3. The molecule has 0 aromatic rings. The molecule has 0 aromatic heterocycles. The normalized spacial score (nSPS) is 56.8. The van der Waals surface area contributed by atoms with Gasteiger partial charge in [-0.1, -0.05) is 33.3 Å². The molecule has 0 aromatic carbocycles. The lowest BCUT2D eigenvalue weighted by atomic mass is 9.47. The first kappa shape index (κ1) is 63.9. The number of aliphatic hydroxyl groups is 15. The molecule has 36 atom stereocenters. The molecular formula is C56H88O28. The topological polar surface area (TPSA) is 431 Å². The van der Waals surface area contributed by atoms with Crippen molar-refractivity contribution < 1.29 is 138 Å². The van der Waals surface area contributed by atoms with Crippen molar-refractivity contribution in [2.24, 2.45) is 46.3 Å². The summed E-state index contributed by atoms with van der Waals surface area (Å²) in [7, 11) is 0. The lowest BCUT2D eigenvalue weighted by molar-refractivity contribution is -0.406. The van der Waals surface area contributed by atoms with Crippen LogP contribution in [0.15, 0.2) is 11.6 Å². The smallest absolute Gasteiger partial charge is 0.187 e. The van der Waals surface area contributed by atoms with E-state index in [-0.39, 0.29) is 54.3 Å². The molecular weight excluding hydrogens is 1120 g/mol. The van der Waals surface area contributed by atoms with Crippen LogP contribution in [-0.2, 0) is 61.6 Å². The first-order valence-electron chi connectivity index (χ1n) is 29.9. The van der Waals surface area contributed by atoms with Crippen LogP contribution < -0.4 is 0 Å². The highest BCUT2D eigenvalue weighted by atomic mass is 16.8. The number of rotatable bonds is 13. The average Bonchev–Trinajstić information content (AvgIpc) is 1.52. The maximum atomic E-state index is 14.7. The van der Waals surface area contributed by atoms with Gasteiger partial charge in [0.25, 0.3) is 0 Å². The number of carbonyl (C=O) groups excluding carboxylic acids is 1. The van der Waals surface area contributed by atoms with Gasteiger partial charge in [-0.15, -0.1) is 0 Å². The zero-order chi connectivity index (χ0) is 60.4. The molecule has 28 heteroatoms. The van der Waals surface area contributed by atoms with Crippen molar-refractivity contribution in [1.29, 1.82) is 0 Å². The fourth-order valence-corrected chi connectivity index (χ4v) is 16.4. The zero-order valence-electron chi connectivity index (χ0n) is 47.6. The maximum Gasteiger partial charge on any atom is 0.187 e. The van der Waals surface area contributed by atoms with E-state index < -0.39 is 203 Å². The molecule has 36 unspecified atom stereocenters. The van der Waals surface area contributed by atoms with E-state index in [1.807, 2.05) is 6.08 Å². The first-order chi connectivity index (χ1) is 39.8. The number of hydrogen-bond acceptors (Lipinski definition) is 28. The van der Waals surface area contributed by atoms with Gasteiger partial charge in [0.15, 0.2) is 43.0 Å². The summed E-state index contributed by atoms with van der Waals surface area (Å²) in [5, 5.41) is 165. The van der Waals surface area contributed by atoms with Crippen LogP contribution in [0, 0.1) is 46.3 Å². The first-order valence-corrected chi connectivity index (χ1v) is 29.9. The van der Waals surface area contributed by atoms with Gasteiger partial charge in [-0.25, -0.2) is 0 Å².